The van der Waals surface area contributed by atoms with Crippen molar-refractivity contribution in [3.63, 3.8) is 0 Å². The van der Waals surface area contributed by atoms with Gasteiger partial charge in [-0.1, -0.05) is 58.0 Å². The van der Waals surface area contributed by atoms with Gasteiger partial charge >= 0.3 is 0 Å². The largest absolute Gasteiger partial charge is 0.454 e. The van der Waals surface area contributed by atoms with Crippen LogP contribution in [0.15, 0.2) is 47.8 Å². The molecule has 0 unspecified atom stereocenters. The van der Waals surface area contributed by atoms with Crippen molar-refractivity contribution in [3.05, 3.63) is 75.2 Å². The van der Waals surface area contributed by atoms with Gasteiger partial charge in [0.1, 0.15) is 10.7 Å². The van der Waals surface area contributed by atoms with Gasteiger partial charge in [-0.05, 0) is 40.8 Å². The Morgan fingerprint density at radius 3 is 2.34 bits per heavy atom. The highest BCUT2D eigenvalue weighted by Crippen LogP contribution is 2.33. The molecule has 0 spiro atoms. The van der Waals surface area contributed by atoms with Gasteiger partial charge in [0.2, 0.25) is 6.79 Å². The quantitative estimate of drug-likeness (QED) is 0.399. The van der Waals surface area contributed by atoms with E-state index in [1.807, 2.05) is 16.3 Å². The van der Waals surface area contributed by atoms with E-state index in [4.69, 9.17) is 14.5 Å². The van der Waals surface area contributed by atoms with E-state index >= 15 is 0 Å². The Balaban J connectivity index is 1.30. The van der Waals surface area contributed by atoms with Gasteiger partial charge in [0.25, 0.3) is 5.91 Å². The first-order valence-electron chi connectivity index (χ1n) is 13.4. The minimum atomic E-state index is 0.0448. The fourth-order valence-corrected chi connectivity index (χ4v) is 5.75. The van der Waals surface area contributed by atoms with Gasteiger partial charge in [-0.3, -0.25) is 9.69 Å². The zero-order valence-corrected chi connectivity index (χ0v) is 23.7. The number of carbonyl (C=O) groups is 1. The highest BCUT2D eigenvalue weighted by molar-refractivity contribution is 7.09. The van der Waals surface area contributed by atoms with E-state index in [9.17, 15) is 4.79 Å². The van der Waals surface area contributed by atoms with Crippen molar-refractivity contribution < 1.29 is 14.3 Å². The van der Waals surface area contributed by atoms with Crippen LogP contribution < -0.4 is 9.47 Å². The molecule has 1 amide bonds. The topological polar surface area (TPSA) is 58.1 Å². The van der Waals surface area contributed by atoms with Crippen LogP contribution in [0.2, 0.25) is 0 Å². The van der Waals surface area contributed by atoms with Gasteiger partial charge in [0, 0.05) is 44.6 Å². The Kier molecular flexibility index (Phi) is 8.02. The minimum absolute atomic E-state index is 0.0448. The molecule has 2 aromatic carbocycles. The molecule has 2 aliphatic heterocycles. The third-order valence-corrected chi connectivity index (χ3v) is 8.14. The smallest absolute Gasteiger partial charge is 0.273 e. The van der Waals surface area contributed by atoms with Crippen LogP contribution in [-0.2, 0) is 25.0 Å². The number of benzene rings is 2. The molecular weight excluding hydrogens is 496 g/mol. The molecule has 0 radical (unpaired) electrons. The molecule has 3 aromatic rings. The minimum Gasteiger partial charge on any atom is -0.454 e. The van der Waals surface area contributed by atoms with E-state index < -0.39 is 0 Å². The monoisotopic (exact) mass is 534 g/mol. The number of likely N-dealkylation sites (N-methyl/N-ethyl adjacent to an activating group) is 1. The number of carbonyl (C=O) groups excluding carboxylic acids is 1. The number of nitrogens with zero attached hydrogens (tertiary/aromatic N) is 4. The lowest BCUT2D eigenvalue weighted by atomic mass is 9.87. The highest BCUT2D eigenvalue weighted by Gasteiger charge is 2.24. The number of ether oxygens (including phenoxy) is 2. The predicted octanol–water partition coefficient (Wildman–Crippen LogP) is 5.15. The summed E-state index contributed by atoms with van der Waals surface area (Å²) in [5, 5.41) is 2.87. The summed E-state index contributed by atoms with van der Waals surface area (Å²) in [6.07, 6.45) is 0. The van der Waals surface area contributed by atoms with E-state index in [1.165, 1.54) is 11.1 Å². The van der Waals surface area contributed by atoms with Gasteiger partial charge in [-0.25, -0.2) is 4.98 Å². The third-order valence-electron chi connectivity index (χ3n) is 7.31. The average Bonchev–Trinajstić information content (AvgIpc) is 3.57. The Morgan fingerprint density at radius 1 is 0.947 bits per heavy atom. The van der Waals surface area contributed by atoms with Crippen LogP contribution in [0.1, 0.15) is 59.9 Å². The number of fused-ring (bicyclic) bond motifs is 1. The normalized spacial score (nSPS) is 15.9. The number of thiazole rings is 1. The SMILES string of the molecule is CCN1CCN(C(=O)c2csc(CN(Cc3ccc(C(C)(C)C)cc3)Cc3ccc4c(c3)OCO4)n2)CC1. The van der Waals surface area contributed by atoms with Crippen LogP contribution in [0.25, 0.3) is 0 Å². The summed E-state index contributed by atoms with van der Waals surface area (Å²) in [6, 6.07) is 15.0. The summed E-state index contributed by atoms with van der Waals surface area (Å²) >= 11 is 1.57. The summed E-state index contributed by atoms with van der Waals surface area (Å²) < 4.78 is 11.1. The zero-order chi connectivity index (χ0) is 26.7. The second-order valence-corrected chi connectivity index (χ2v) is 12.1. The third kappa shape index (κ3) is 6.37. The lowest BCUT2D eigenvalue weighted by molar-refractivity contribution is 0.0638. The Labute approximate surface area is 230 Å². The molecule has 0 atom stereocenters. The van der Waals surface area contributed by atoms with E-state index in [0.29, 0.717) is 12.2 Å². The average molecular weight is 535 g/mol. The van der Waals surface area contributed by atoms with Gasteiger partial charge < -0.3 is 19.3 Å². The predicted molar refractivity (Wildman–Crippen MR) is 151 cm³/mol. The number of hydrogen-bond donors (Lipinski definition) is 0. The molecule has 38 heavy (non-hydrogen) atoms. The first kappa shape index (κ1) is 26.7. The second-order valence-electron chi connectivity index (χ2n) is 11.1. The molecule has 7 nitrogen and oxygen atoms in total. The van der Waals surface area contributed by atoms with Crippen molar-refractivity contribution in [1.29, 1.82) is 0 Å². The van der Waals surface area contributed by atoms with E-state index in [2.05, 4.69) is 73.9 Å². The van der Waals surface area contributed by atoms with Crippen LogP contribution in [-0.4, -0.2) is 65.1 Å². The van der Waals surface area contributed by atoms with Crippen LogP contribution in [0.3, 0.4) is 0 Å². The number of aromatic nitrogens is 1. The van der Waals surface area contributed by atoms with Crippen molar-refractivity contribution in [3.8, 4) is 11.5 Å². The van der Waals surface area contributed by atoms with Crippen LogP contribution in [0.4, 0.5) is 0 Å². The Bertz CT molecular complexity index is 1240. The number of piperazine rings is 1. The summed E-state index contributed by atoms with van der Waals surface area (Å²) in [5.74, 6) is 1.63. The molecule has 0 aliphatic carbocycles. The maximum atomic E-state index is 13.1. The van der Waals surface area contributed by atoms with Crippen LogP contribution >= 0.6 is 11.3 Å². The number of rotatable bonds is 8. The van der Waals surface area contributed by atoms with Gasteiger partial charge in [0.05, 0.1) is 6.54 Å². The van der Waals surface area contributed by atoms with E-state index in [1.54, 1.807) is 11.3 Å². The summed E-state index contributed by atoms with van der Waals surface area (Å²) in [7, 11) is 0. The molecule has 0 bridgehead atoms. The van der Waals surface area contributed by atoms with Crippen molar-refractivity contribution in [2.75, 3.05) is 39.5 Å². The summed E-state index contributed by atoms with van der Waals surface area (Å²) in [4.78, 5) is 24.6. The Morgan fingerprint density at radius 2 is 1.63 bits per heavy atom. The fraction of sp³-hybridized carbons (Fsp3) is 0.467. The molecule has 2 aliphatic rings. The van der Waals surface area contributed by atoms with Gasteiger partial charge in [0.15, 0.2) is 11.5 Å². The van der Waals surface area contributed by atoms with Crippen LogP contribution in [0, 0.1) is 0 Å². The molecule has 1 fully saturated rings. The molecule has 1 saturated heterocycles. The van der Waals surface area contributed by atoms with Crippen molar-refractivity contribution in [1.82, 2.24) is 19.7 Å². The standard InChI is InChI=1S/C30H38N4O3S/c1-5-32-12-14-34(15-13-32)29(35)25-20-38-28(31-25)19-33(17-22-6-9-24(10-7-22)30(2,3)4)18-23-8-11-26-27(16-23)37-21-36-26/h6-11,16,20H,5,12-15,17-19,21H2,1-4H3. The number of amides is 1. The molecule has 202 valence electrons. The lowest BCUT2D eigenvalue weighted by Gasteiger charge is -2.33. The molecule has 0 N–H and O–H groups in total. The summed E-state index contributed by atoms with van der Waals surface area (Å²) in [5.41, 5.74) is 4.42. The van der Waals surface area contributed by atoms with E-state index in [-0.39, 0.29) is 18.1 Å². The first-order chi connectivity index (χ1) is 18.3. The van der Waals surface area contributed by atoms with E-state index in [0.717, 1.165) is 67.9 Å². The summed E-state index contributed by atoms with van der Waals surface area (Å²) in [6.45, 7) is 15.7. The van der Waals surface area contributed by atoms with Gasteiger partial charge in [-0.2, -0.15) is 0 Å². The van der Waals surface area contributed by atoms with Crippen molar-refractivity contribution in [2.24, 2.45) is 0 Å². The maximum Gasteiger partial charge on any atom is 0.273 e. The fourth-order valence-electron chi connectivity index (χ4n) is 4.94. The molecular formula is C30H38N4O3S. The van der Waals surface area contributed by atoms with Crippen LogP contribution in [0.5, 0.6) is 11.5 Å². The molecule has 3 heterocycles. The van der Waals surface area contributed by atoms with Gasteiger partial charge in [-0.15, -0.1) is 11.3 Å². The van der Waals surface area contributed by atoms with Crippen molar-refractivity contribution >= 4 is 17.2 Å². The van der Waals surface area contributed by atoms with Crippen molar-refractivity contribution in [2.45, 2.75) is 52.7 Å². The second kappa shape index (κ2) is 11.4. The molecule has 5 rings (SSSR count). The molecule has 8 heteroatoms. The number of hydrogen-bond acceptors (Lipinski definition) is 7. The maximum absolute atomic E-state index is 13.1. The first-order valence-corrected chi connectivity index (χ1v) is 14.3. The Hall–Kier alpha value is -2.94. The lowest BCUT2D eigenvalue weighted by Crippen LogP contribution is -2.48. The highest BCUT2D eigenvalue weighted by atomic mass is 32.1. The molecule has 1 aromatic heterocycles. The zero-order valence-electron chi connectivity index (χ0n) is 22.9. The molecule has 0 saturated carbocycles.